The summed E-state index contributed by atoms with van der Waals surface area (Å²) in [5.41, 5.74) is 0.997. The van der Waals surface area contributed by atoms with Crippen molar-refractivity contribution in [3.8, 4) is 9.88 Å². The third kappa shape index (κ3) is 3.80. The molecule has 5 nitrogen and oxygen atoms in total. The molecule has 110 valence electrons. The molecular formula is C13H21N5S2. The van der Waals surface area contributed by atoms with E-state index in [0.717, 1.165) is 46.5 Å². The first kappa shape index (κ1) is 15.5. The second-order valence-electron chi connectivity index (χ2n) is 5.66. The molecule has 0 amide bonds. The van der Waals surface area contributed by atoms with Crippen molar-refractivity contribution < 1.29 is 0 Å². The van der Waals surface area contributed by atoms with Crippen LogP contribution >= 0.6 is 22.9 Å². The molecule has 7 heteroatoms. The highest BCUT2D eigenvalue weighted by Gasteiger charge is 2.25. The molecule has 0 fully saturated rings. The molecule has 0 aliphatic rings. The number of hydrogen-bond donors (Lipinski definition) is 1. The van der Waals surface area contributed by atoms with Gasteiger partial charge in [0.2, 0.25) is 0 Å². The minimum Gasteiger partial charge on any atom is -0.317 e. The van der Waals surface area contributed by atoms with Crippen molar-refractivity contribution in [3.63, 3.8) is 0 Å². The van der Waals surface area contributed by atoms with Gasteiger partial charge in [-0.15, -0.1) is 15.3 Å². The second kappa shape index (κ2) is 6.69. The molecule has 20 heavy (non-hydrogen) atoms. The van der Waals surface area contributed by atoms with Crippen LogP contribution in [0.3, 0.4) is 0 Å². The molecular weight excluding hydrogens is 290 g/mol. The minimum atomic E-state index is -0.0147. The van der Waals surface area contributed by atoms with E-state index in [2.05, 4.69) is 52.8 Å². The predicted molar refractivity (Wildman–Crippen MR) is 84.4 cm³/mol. The van der Waals surface area contributed by atoms with Crippen molar-refractivity contribution >= 4 is 22.9 Å². The van der Waals surface area contributed by atoms with Crippen LogP contribution in [0.4, 0.5) is 0 Å². The first-order valence-electron chi connectivity index (χ1n) is 6.88. The lowest BCUT2D eigenvalue weighted by atomic mass is 9.91. The van der Waals surface area contributed by atoms with Gasteiger partial charge in [0.25, 0.3) is 0 Å². The SMILES string of the molecule is CCNCCCc1nnc(-c2snnc2C(C)(C)C)s1. The van der Waals surface area contributed by atoms with E-state index in [4.69, 9.17) is 0 Å². The van der Waals surface area contributed by atoms with Gasteiger partial charge in [-0.25, -0.2) is 0 Å². The molecule has 0 unspecified atom stereocenters. The summed E-state index contributed by atoms with van der Waals surface area (Å²) in [7, 11) is 0. The molecule has 1 N–H and O–H groups in total. The Balaban J connectivity index is 2.07. The fraction of sp³-hybridized carbons (Fsp3) is 0.692. The van der Waals surface area contributed by atoms with Crippen LogP contribution in [0, 0.1) is 0 Å². The summed E-state index contributed by atoms with van der Waals surface area (Å²) >= 11 is 3.07. The van der Waals surface area contributed by atoms with Crippen molar-refractivity contribution in [2.24, 2.45) is 0 Å². The lowest BCUT2D eigenvalue weighted by molar-refractivity contribution is 0.568. The third-order valence-electron chi connectivity index (χ3n) is 2.85. The number of nitrogens with one attached hydrogen (secondary N) is 1. The Labute approximate surface area is 128 Å². The van der Waals surface area contributed by atoms with E-state index < -0.39 is 0 Å². The Kier molecular flexibility index (Phi) is 5.17. The first-order valence-corrected chi connectivity index (χ1v) is 8.47. The van der Waals surface area contributed by atoms with Crippen LogP contribution in [0.15, 0.2) is 0 Å². The van der Waals surface area contributed by atoms with E-state index in [1.807, 2.05) is 0 Å². The van der Waals surface area contributed by atoms with Gasteiger partial charge >= 0.3 is 0 Å². The van der Waals surface area contributed by atoms with E-state index in [0.29, 0.717) is 0 Å². The Hall–Kier alpha value is -0.920. The standard InChI is InChI=1S/C13H21N5S2/c1-5-14-8-6-7-9-15-17-12(19-9)10-11(13(2,3)4)16-18-20-10/h14H,5-8H2,1-4H3. The molecule has 0 spiro atoms. The van der Waals surface area contributed by atoms with Crippen molar-refractivity contribution in [2.75, 3.05) is 13.1 Å². The monoisotopic (exact) mass is 311 g/mol. The van der Waals surface area contributed by atoms with Crippen molar-refractivity contribution in [1.29, 1.82) is 0 Å². The van der Waals surface area contributed by atoms with Crippen LogP contribution in [-0.4, -0.2) is 32.9 Å². The van der Waals surface area contributed by atoms with Gasteiger partial charge in [-0.2, -0.15) is 0 Å². The van der Waals surface area contributed by atoms with Gasteiger partial charge in [-0.1, -0.05) is 43.5 Å². The lowest BCUT2D eigenvalue weighted by Crippen LogP contribution is -2.14. The molecule has 0 radical (unpaired) electrons. The molecule has 0 bridgehead atoms. The third-order valence-corrected chi connectivity index (χ3v) is 4.72. The summed E-state index contributed by atoms with van der Waals surface area (Å²) in [6, 6.07) is 0. The molecule has 2 heterocycles. The van der Waals surface area contributed by atoms with Gasteiger partial charge in [0.05, 0.1) is 5.69 Å². The maximum absolute atomic E-state index is 4.31. The number of aryl methyl sites for hydroxylation is 1. The molecule has 0 aromatic carbocycles. The molecule has 0 saturated heterocycles. The van der Waals surface area contributed by atoms with Gasteiger partial charge in [0.1, 0.15) is 9.88 Å². The molecule has 0 atom stereocenters. The van der Waals surface area contributed by atoms with Crippen LogP contribution < -0.4 is 5.32 Å². The van der Waals surface area contributed by atoms with E-state index >= 15 is 0 Å². The number of rotatable bonds is 6. The maximum Gasteiger partial charge on any atom is 0.161 e. The summed E-state index contributed by atoms with van der Waals surface area (Å²) in [6.07, 6.45) is 2.07. The molecule has 0 saturated carbocycles. The molecule has 2 rings (SSSR count). The Morgan fingerprint density at radius 2 is 1.95 bits per heavy atom. The van der Waals surface area contributed by atoms with Crippen LogP contribution in [0.2, 0.25) is 0 Å². The largest absolute Gasteiger partial charge is 0.317 e. The van der Waals surface area contributed by atoms with Crippen molar-refractivity contribution in [2.45, 2.75) is 46.0 Å². The highest BCUT2D eigenvalue weighted by atomic mass is 32.1. The van der Waals surface area contributed by atoms with Crippen LogP contribution in [0.1, 0.15) is 44.8 Å². The Morgan fingerprint density at radius 1 is 1.15 bits per heavy atom. The van der Waals surface area contributed by atoms with Crippen molar-refractivity contribution in [3.05, 3.63) is 10.7 Å². The first-order chi connectivity index (χ1) is 9.52. The van der Waals surface area contributed by atoms with Crippen molar-refractivity contribution in [1.82, 2.24) is 25.1 Å². The van der Waals surface area contributed by atoms with E-state index in [1.54, 1.807) is 11.3 Å². The molecule has 2 aromatic heterocycles. The highest BCUT2D eigenvalue weighted by Crippen LogP contribution is 2.35. The van der Waals surface area contributed by atoms with Crippen LogP contribution in [-0.2, 0) is 11.8 Å². The van der Waals surface area contributed by atoms with E-state index in [-0.39, 0.29) is 5.41 Å². The minimum absolute atomic E-state index is 0.0147. The zero-order valence-corrected chi connectivity index (χ0v) is 14.1. The van der Waals surface area contributed by atoms with Crippen LogP contribution in [0.5, 0.6) is 0 Å². The maximum atomic E-state index is 4.31. The summed E-state index contributed by atoms with van der Waals surface area (Å²) in [5, 5.41) is 18.2. The van der Waals surface area contributed by atoms with Gasteiger partial charge in [-0.3, -0.25) is 0 Å². The lowest BCUT2D eigenvalue weighted by Gasteiger charge is -2.15. The van der Waals surface area contributed by atoms with Gasteiger partial charge in [-0.05, 0) is 31.0 Å². The quantitative estimate of drug-likeness (QED) is 0.831. The average Bonchev–Trinajstić information content (AvgIpc) is 3.01. The fourth-order valence-electron chi connectivity index (χ4n) is 1.81. The number of hydrogen-bond acceptors (Lipinski definition) is 7. The van der Waals surface area contributed by atoms with Gasteiger partial charge < -0.3 is 5.32 Å². The van der Waals surface area contributed by atoms with E-state index in [1.165, 1.54) is 11.5 Å². The predicted octanol–water partition coefficient (Wildman–Crippen LogP) is 2.90. The summed E-state index contributed by atoms with van der Waals surface area (Å²) < 4.78 is 4.08. The van der Waals surface area contributed by atoms with Crippen LogP contribution in [0.25, 0.3) is 9.88 Å². The number of aromatic nitrogens is 4. The Morgan fingerprint density at radius 3 is 2.65 bits per heavy atom. The summed E-state index contributed by atoms with van der Waals surface area (Å²) in [5.74, 6) is 0. The zero-order valence-electron chi connectivity index (χ0n) is 12.4. The average molecular weight is 311 g/mol. The molecule has 2 aromatic rings. The normalized spacial score (nSPS) is 12.0. The fourth-order valence-corrected chi connectivity index (χ4v) is 3.63. The number of nitrogens with zero attached hydrogens (tertiary/aromatic N) is 4. The molecule has 0 aliphatic heterocycles. The van der Waals surface area contributed by atoms with Gasteiger partial charge in [0.15, 0.2) is 5.01 Å². The second-order valence-corrected chi connectivity index (χ2v) is 7.47. The topological polar surface area (TPSA) is 63.6 Å². The van der Waals surface area contributed by atoms with Gasteiger partial charge in [0, 0.05) is 11.8 Å². The highest BCUT2D eigenvalue weighted by molar-refractivity contribution is 7.19. The van der Waals surface area contributed by atoms with E-state index in [9.17, 15) is 0 Å². The summed E-state index contributed by atoms with van der Waals surface area (Å²) in [4.78, 5) is 1.06. The zero-order chi connectivity index (χ0) is 14.6. The summed E-state index contributed by atoms with van der Waals surface area (Å²) in [6.45, 7) is 10.6. The molecule has 0 aliphatic carbocycles. The smallest absolute Gasteiger partial charge is 0.161 e. The Bertz CT molecular complexity index is 541.